The molecule has 0 radical (unpaired) electrons. The number of hydrogen-bond donors (Lipinski definition) is 2. The van der Waals surface area contributed by atoms with Gasteiger partial charge in [0.05, 0.1) is 7.11 Å². The Morgan fingerprint density at radius 2 is 1.44 bits per heavy atom. The highest BCUT2D eigenvalue weighted by Gasteiger charge is 2.71. The summed E-state index contributed by atoms with van der Waals surface area (Å²) < 4.78 is 88.0. The van der Waals surface area contributed by atoms with Gasteiger partial charge in [-0.15, -0.1) is 0 Å². The van der Waals surface area contributed by atoms with Crippen LogP contribution in [0.3, 0.4) is 0 Å². The fourth-order valence-electron chi connectivity index (χ4n) is 2.93. The fraction of sp³-hybridized carbons (Fsp3) is 0.381. The van der Waals surface area contributed by atoms with E-state index in [2.05, 4.69) is 4.74 Å². The summed E-state index contributed by atoms with van der Waals surface area (Å²) in [6.45, 7) is 1.75. The molecule has 0 aliphatic rings. The molecule has 0 heterocycles. The van der Waals surface area contributed by atoms with Crippen LogP contribution in [0.1, 0.15) is 28.4 Å². The molecule has 2 rings (SSSR count). The van der Waals surface area contributed by atoms with E-state index in [-0.39, 0.29) is 16.9 Å². The minimum absolute atomic E-state index is 0.191. The fourth-order valence-corrected chi connectivity index (χ4v) is 2.93. The Balaban J connectivity index is 0.00000161. The number of aryl methyl sites for hydroxylation is 1. The Morgan fingerprint density at radius 3 is 1.84 bits per heavy atom. The minimum Gasteiger partial charge on any atom is -0.496 e. The largest absolute Gasteiger partial charge is 0.496 e. The average molecular weight is 467 g/mol. The van der Waals surface area contributed by atoms with Crippen molar-refractivity contribution in [3.05, 3.63) is 53.1 Å². The average Bonchev–Trinajstić information content (AvgIpc) is 2.71. The molecule has 0 fully saturated rings. The molecule has 0 bridgehead atoms. The van der Waals surface area contributed by atoms with Gasteiger partial charge >= 0.3 is 12.4 Å². The van der Waals surface area contributed by atoms with Gasteiger partial charge in [-0.25, -0.2) is 0 Å². The molecule has 0 aliphatic carbocycles. The number of alkyl halides is 6. The number of carbonyl (C=O) groups is 1. The van der Waals surface area contributed by atoms with Crippen LogP contribution in [0.2, 0.25) is 0 Å². The lowest BCUT2D eigenvalue weighted by molar-refractivity contribution is -0.376. The van der Waals surface area contributed by atoms with Crippen LogP contribution >= 0.6 is 0 Å². The topological polar surface area (TPSA) is 81.8 Å². The highest BCUT2D eigenvalue weighted by Crippen LogP contribution is 2.51. The van der Waals surface area contributed by atoms with E-state index in [4.69, 9.17) is 10.5 Å². The van der Waals surface area contributed by atoms with Crippen LogP contribution in [-0.2, 0) is 16.8 Å². The van der Waals surface area contributed by atoms with Crippen LogP contribution < -0.4 is 10.5 Å². The molecule has 0 aromatic heterocycles. The van der Waals surface area contributed by atoms with Crippen molar-refractivity contribution in [2.75, 3.05) is 21.3 Å². The second-order valence-electron chi connectivity index (χ2n) is 6.62. The summed E-state index contributed by atoms with van der Waals surface area (Å²) in [5, 5.41) is 9.58. The van der Waals surface area contributed by atoms with Crippen molar-refractivity contribution >= 4 is 5.91 Å². The maximum atomic E-state index is 13.1. The summed E-state index contributed by atoms with van der Waals surface area (Å²) in [4.78, 5) is 11.3. The van der Waals surface area contributed by atoms with Crippen molar-refractivity contribution in [3.8, 4) is 16.9 Å². The number of aliphatic hydroxyl groups is 1. The maximum absolute atomic E-state index is 13.1. The quantitative estimate of drug-likeness (QED) is 0.630. The molecular formula is C21H23F6NO4. The molecule has 0 aliphatic heterocycles. The van der Waals surface area contributed by atoms with E-state index < -0.39 is 29.4 Å². The number of rotatable bonds is 5. The molecule has 11 heteroatoms. The van der Waals surface area contributed by atoms with E-state index in [0.717, 1.165) is 13.2 Å². The molecular weight excluding hydrogens is 444 g/mol. The van der Waals surface area contributed by atoms with E-state index in [1.807, 2.05) is 0 Å². The normalized spacial score (nSPS) is 12.1. The van der Waals surface area contributed by atoms with E-state index in [1.165, 1.54) is 18.2 Å². The van der Waals surface area contributed by atoms with Gasteiger partial charge in [-0.1, -0.05) is 25.1 Å². The Hall–Kier alpha value is -2.79. The summed E-state index contributed by atoms with van der Waals surface area (Å²) in [6.07, 6.45) is -11.6. The number of halogens is 6. The van der Waals surface area contributed by atoms with Crippen LogP contribution in [0, 0.1) is 0 Å². The molecule has 178 valence electrons. The molecule has 5 nitrogen and oxygen atoms in total. The smallest absolute Gasteiger partial charge is 0.430 e. The molecule has 2 aromatic carbocycles. The van der Waals surface area contributed by atoms with E-state index in [0.29, 0.717) is 29.7 Å². The van der Waals surface area contributed by atoms with Gasteiger partial charge in [0.25, 0.3) is 5.60 Å². The maximum Gasteiger partial charge on any atom is 0.430 e. The van der Waals surface area contributed by atoms with Crippen LogP contribution in [0.5, 0.6) is 5.75 Å². The van der Waals surface area contributed by atoms with Gasteiger partial charge in [0, 0.05) is 30.9 Å². The van der Waals surface area contributed by atoms with Crippen molar-refractivity contribution in [3.63, 3.8) is 0 Å². The van der Waals surface area contributed by atoms with E-state index in [1.54, 1.807) is 21.1 Å². The van der Waals surface area contributed by atoms with Crippen LogP contribution in [0.15, 0.2) is 36.4 Å². The zero-order valence-electron chi connectivity index (χ0n) is 17.7. The van der Waals surface area contributed by atoms with Gasteiger partial charge in [0.2, 0.25) is 5.91 Å². The van der Waals surface area contributed by atoms with Crippen LogP contribution in [0.25, 0.3) is 11.1 Å². The minimum atomic E-state index is -6.00. The highest BCUT2D eigenvalue weighted by molar-refractivity contribution is 5.94. The molecule has 0 unspecified atom stereocenters. The van der Waals surface area contributed by atoms with Crippen molar-refractivity contribution in [2.45, 2.75) is 31.3 Å². The van der Waals surface area contributed by atoms with Gasteiger partial charge in [0.1, 0.15) is 5.75 Å². The zero-order chi connectivity index (χ0) is 24.9. The Morgan fingerprint density at radius 1 is 0.938 bits per heavy atom. The predicted molar refractivity (Wildman–Crippen MR) is 105 cm³/mol. The molecule has 1 amide bonds. The molecule has 0 spiro atoms. The third-order valence-corrected chi connectivity index (χ3v) is 4.50. The summed E-state index contributed by atoms with van der Waals surface area (Å²) in [7, 11) is 4.33. The van der Waals surface area contributed by atoms with Crippen LogP contribution in [0.4, 0.5) is 26.3 Å². The first kappa shape index (κ1) is 27.2. The zero-order valence-corrected chi connectivity index (χ0v) is 17.7. The number of ether oxygens (including phenoxy) is 2. The monoisotopic (exact) mass is 467 g/mol. The van der Waals surface area contributed by atoms with Gasteiger partial charge in [0.15, 0.2) is 0 Å². The highest BCUT2D eigenvalue weighted by atomic mass is 19.4. The number of nitrogens with two attached hydrogens (primary N) is 1. The third-order valence-electron chi connectivity index (χ3n) is 4.50. The summed E-state index contributed by atoms with van der Waals surface area (Å²) in [6, 6.07) is 6.36. The standard InChI is InChI=1S/C19H17F6NO3.C2H6O/c1-3-10-8-11(16(26)27)4-6-13(10)14-7-5-12(9-15(14)29-2)17(28,18(20,21)22)19(23,24)25;1-3-2/h4-9,28H,3H2,1-2H3,(H2,26,27);1-2H3. The van der Waals surface area contributed by atoms with Crippen molar-refractivity contribution < 1.29 is 45.7 Å². The van der Waals surface area contributed by atoms with E-state index >= 15 is 0 Å². The lowest BCUT2D eigenvalue weighted by atomic mass is 9.88. The Bertz CT molecular complexity index is 927. The number of amides is 1. The van der Waals surface area contributed by atoms with Gasteiger partial charge in [-0.05, 0) is 35.7 Å². The lowest BCUT2D eigenvalue weighted by Crippen LogP contribution is -2.53. The summed E-state index contributed by atoms with van der Waals surface area (Å²) in [5.41, 5.74) is 0.142. The number of primary amides is 1. The SMILES string of the molecule is CCc1cc(C(N)=O)ccc1-c1ccc(C(O)(C(F)(F)F)C(F)(F)F)cc1OC.COC. The summed E-state index contributed by atoms with van der Waals surface area (Å²) >= 11 is 0. The first-order valence-electron chi connectivity index (χ1n) is 9.07. The van der Waals surface area contributed by atoms with Crippen LogP contribution in [-0.4, -0.2) is 44.7 Å². The lowest BCUT2D eigenvalue weighted by Gasteiger charge is -2.33. The number of carbonyl (C=O) groups excluding carboxylic acids is 1. The van der Waals surface area contributed by atoms with Gasteiger partial charge < -0.3 is 20.3 Å². The summed E-state index contributed by atoms with van der Waals surface area (Å²) in [5.74, 6) is -0.995. The first-order valence-corrected chi connectivity index (χ1v) is 9.07. The van der Waals surface area contributed by atoms with Crippen molar-refractivity contribution in [1.82, 2.24) is 0 Å². The first-order chi connectivity index (χ1) is 14.7. The Labute approximate surface area is 180 Å². The van der Waals surface area contributed by atoms with Crippen molar-refractivity contribution in [2.24, 2.45) is 5.73 Å². The second kappa shape index (κ2) is 10.2. The molecule has 32 heavy (non-hydrogen) atoms. The third kappa shape index (κ3) is 5.33. The molecule has 0 atom stereocenters. The van der Waals surface area contributed by atoms with Crippen molar-refractivity contribution in [1.29, 1.82) is 0 Å². The molecule has 0 saturated carbocycles. The second-order valence-corrected chi connectivity index (χ2v) is 6.62. The Kier molecular flexibility index (Phi) is 8.70. The molecule has 0 saturated heterocycles. The number of benzene rings is 2. The molecule has 3 N–H and O–H groups in total. The number of methoxy groups -OCH3 is 2. The van der Waals surface area contributed by atoms with Gasteiger partial charge in [-0.2, -0.15) is 26.3 Å². The van der Waals surface area contributed by atoms with E-state index in [9.17, 15) is 36.2 Å². The number of hydrogen-bond acceptors (Lipinski definition) is 4. The predicted octanol–water partition coefficient (Wildman–Crippen LogP) is 4.60. The van der Waals surface area contributed by atoms with Gasteiger partial charge in [-0.3, -0.25) is 4.79 Å². The molecule has 2 aromatic rings.